The van der Waals surface area contributed by atoms with Gasteiger partial charge in [0.05, 0.1) is 10.5 Å². The zero-order valence-electron chi connectivity index (χ0n) is 15.6. The quantitative estimate of drug-likeness (QED) is 0.858. The predicted molar refractivity (Wildman–Crippen MR) is 97.4 cm³/mol. The van der Waals surface area contributed by atoms with Crippen molar-refractivity contribution < 1.29 is 23.1 Å². The number of piperazine rings is 1. The smallest absolute Gasteiger partial charge is 0.335 e. The Morgan fingerprint density at radius 2 is 1.54 bits per heavy atom. The molecular formula is C18H26N2O5S. The zero-order chi connectivity index (χ0) is 19.7. The van der Waals surface area contributed by atoms with Crippen LogP contribution in [-0.2, 0) is 14.8 Å². The highest BCUT2D eigenvalue weighted by atomic mass is 32.2. The molecule has 1 aliphatic rings. The van der Waals surface area contributed by atoms with Crippen LogP contribution in [0.2, 0.25) is 0 Å². The molecule has 7 nitrogen and oxygen atoms in total. The molecule has 1 atom stereocenters. The van der Waals surface area contributed by atoms with Gasteiger partial charge in [-0.05, 0) is 29.7 Å². The molecule has 0 aromatic heterocycles. The third-order valence-electron chi connectivity index (χ3n) is 4.96. The summed E-state index contributed by atoms with van der Waals surface area (Å²) in [6.07, 6.45) is 0. The molecule has 1 aromatic carbocycles. The summed E-state index contributed by atoms with van der Waals surface area (Å²) in [6, 6.07) is 5.16. The number of hydrogen-bond acceptors (Lipinski definition) is 4. The molecule has 1 aromatic rings. The average Bonchev–Trinajstić information content (AvgIpc) is 2.59. The summed E-state index contributed by atoms with van der Waals surface area (Å²) < 4.78 is 26.8. The number of nitrogens with zero attached hydrogens (tertiary/aromatic N) is 2. The van der Waals surface area contributed by atoms with Crippen LogP contribution in [0.5, 0.6) is 0 Å². The van der Waals surface area contributed by atoms with E-state index >= 15 is 0 Å². The number of carboxylic acid groups (broad SMARTS) is 1. The monoisotopic (exact) mass is 382 g/mol. The third-order valence-corrected chi connectivity index (χ3v) is 6.87. The van der Waals surface area contributed by atoms with Gasteiger partial charge in [-0.2, -0.15) is 4.31 Å². The number of amides is 1. The summed E-state index contributed by atoms with van der Waals surface area (Å²) in [7, 11) is -3.70. The van der Waals surface area contributed by atoms with E-state index in [0.29, 0.717) is 13.1 Å². The maximum atomic E-state index is 12.7. The van der Waals surface area contributed by atoms with Crippen molar-refractivity contribution in [2.24, 2.45) is 11.3 Å². The van der Waals surface area contributed by atoms with Crippen molar-refractivity contribution in [2.45, 2.75) is 32.6 Å². The van der Waals surface area contributed by atoms with Gasteiger partial charge in [0.15, 0.2) is 0 Å². The van der Waals surface area contributed by atoms with E-state index in [0.717, 1.165) is 0 Å². The van der Waals surface area contributed by atoms with Gasteiger partial charge in [0.1, 0.15) is 0 Å². The summed E-state index contributed by atoms with van der Waals surface area (Å²) in [6.45, 7) is 9.09. The van der Waals surface area contributed by atoms with Crippen LogP contribution < -0.4 is 0 Å². The van der Waals surface area contributed by atoms with Crippen LogP contribution in [0.3, 0.4) is 0 Å². The second-order valence-electron chi connectivity index (χ2n) is 7.65. The molecule has 2 rings (SSSR count). The van der Waals surface area contributed by atoms with Crippen LogP contribution in [-0.4, -0.2) is 60.8 Å². The Morgan fingerprint density at radius 3 is 1.96 bits per heavy atom. The summed E-state index contributed by atoms with van der Waals surface area (Å²) in [4.78, 5) is 25.2. The molecule has 1 N–H and O–H groups in total. The van der Waals surface area contributed by atoms with Crippen molar-refractivity contribution in [1.82, 2.24) is 9.21 Å². The normalized spacial score (nSPS) is 17.8. The Hall–Kier alpha value is -1.93. The molecule has 0 bridgehead atoms. The maximum absolute atomic E-state index is 12.7. The number of carbonyl (C=O) groups excluding carboxylic acids is 1. The first kappa shape index (κ1) is 20.4. The van der Waals surface area contributed by atoms with E-state index in [1.165, 1.54) is 28.6 Å². The average molecular weight is 382 g/mol. The largest absolute Gasteiger partial charge is 0.478 e. The SMILES string of the molecule is CC(C(=O)N1CCN(S(=O)(=O)c2ccc(C(=O)O)cc2)CC1)C(C)(C)C. The lowest BCUT2D eigenvalue weighted by Crippen LogP contribution is -2.52. The minimum absolute atomic E-state index is 0.0375. The van der Waals surface area contributed by atoms with E-state index in [4.69, 9.17) is 5.11 Å². The molecular weight excluding hydrogens is 356 g/mol. The molecule has 26 heavy (non-hydrogen) atoms. The van der Waals surface area contributed by atoms with Gasteiger partial charge in [-0.25, -0.2) is 13.2 Å². The van der Waals surface area contributed by atoms with Gasteiger partial charge in [-0.1, -0.05) is 27.7 Å². The van der Waals surface area contributed by atoms with Gasteiger partial charge in [-0.3, -0.25) is 4.79 Å². The van der Waals surface area contributed by atoms with Crippen LogP contribution in [0.25, 0.3) is 0 Å². The molecule has 1 heterocycles. The van der Waals surface area contributed by atoms with Gasteiger partial charge in [0.25, 0.3) is 0 Å². The van der Waals surface area contributed by atoms with Crippen molar-refractivity contribution >= 4 is 21.9 Å². The highest BCUT2D eigenvalue weighted by molar-refractivity contribution is 7.89. The van der Waals surface area contributed by atoms with Crippen LogP contribution in [0.1, 0.15) is 38.1 Å². The van der Waals surface area contributed by atoms with Crippen molar-refractivity contribution in [3.63, 3.8) is 0 Å². The molecule has 1 unspecified atom stereocenters. The van der Waals surface area contributed by atoms with Gasteiger partial charge < -0.3 is 10.0 Å². The number of benzene rings is 1. The Balaban J connectivity index is 2.06. The van der Waals surface area contributed by atoms with E-state index < -0.39 is 16.0 Å². The number of carboxylic acids is 1. The van der Waals surface area contributed by atoms with E-state index in [9.17, 15) is 18.0 Å². The van der Waals surface area contributed by atoms with E-state index in [2.05, 4.69) is 0 Å². The maximum Gasteiger partial charge on any atom is 0.335 e. The topological polar surface area (TPSA) is 95.0 Å². The van der Waals surface area contributed by atoms with Crippen LogP contribution in [0.4, 0.5) is 0 Å². The fraction of sp³-hybridized carbons (Fsp3) is 0.556. The van der Waals surface area contributed by atoms with E-state index in [1.807, 2.05) is 27.7 Å². The standard InChI is InChI=1S/C18H26N2O5S/c1-13(18(2,3)4)16(21)19-9-11-20(12-10-19)26(24,25)15-7-5-14(6-8-15)17(22)23/h5-8,13H,9-12H2,1-4H3,(H,22,23). The minimum atomic E-state index is -3.70. The molecule has 1 fully saturated rings. The number of hydrogen-bond donors (Lipinski definition) is 1. The summed E-state index contributed by atoms with van der Waals surface area (Å²) in [5.74, 6) is -1.20. The van der Waals surface area contributed by atoms with Crippen molar-refractivity contribution in [3.05, 3.63) is 29.8 Å². The lowest BCUT2D eigenvalue weighted by atomic mass is 9.81. The second-order valence-corrected chi connectivity index (χ2v) is 9.58. The molecule has 144 valence electrons. The van der Waals surface area contributed by atoms with Gasteiger partial charge in [0, 0.05) is 32.1 Å². The summed E-state index contributed by atoms with van der Waals surface area (Å²) in [5.41, 5.74) is -0.109. The summed E-state index contributed by atoms with van der Waals surface area (Å²) >= 11 is 0. The molecule has 8 heteroatoms. The first-order chi connectivity index (χ1) is 11.9. The Bertz CT molecular complexity index is 773. The number of rotatable bonds is 4. The Morgan fingerprint density at radius 1 is 1.04 bits per heavy atom. The zero-order valence-corrected chi connectivity index (χ0v) is 16.4. The summed E-state index contributed by atoms with van der Waals surface area (Å²) in [5, 5.41) is 8.91. The molecule has 1 amide bonds. The molecule has 0 spiro atoms. The highest BCUT2D eigenvalue weighted by Crippen LogP contribution is 2.28. The van der Waals surface area contributed by atoms with Crippen LogP contribution >= 0.6 is 0 Å². The molecule has 0 radical (unpaired) electrons. The van der Waals surface area contributed by atoms with Gasteiger partial charge in [0.2, 0.25) is 15.9 Å². The fourth-order valence-corrected chi connectivity index (χ4v) is 4.13. The van der Waals surface area contributed by atoms with Crippen molar-refractivity contribution in [1.29, 1.82) is 0 Å². The molecule has 0 saturated carbocycles. The Labute approximate surface area is 154 Å². The molecule has 1 aliphatic heterocycles. The first-order valence-corrected chi connectivity index (χ1v) is 10.0. The molecule has 0 aliphatic carbocycles. The second kappa shape index (κ2) is 7.36. The van der Waals surface area contributed by atoms with Crippen molar-refractivity contribution in [2.75, 3.05) is 26.2 Å². The lowest BCUT2D eigenvalue weighted by Gasteiger charge is -2.37. The van der Waals surface area contributed by atoms with Gasteiger partial charge >= 0.3 is 5.97 Å². The first-order valence-electron chi connectivity index (χ1n) is 8.57. The van der Waals surface area contributed by atoms with E-state index in [-0.39, 0.29) is 40.8 Å². The Kier molecular flexibility index (Phi) is 5.77. The van der Waals surface area contributed by atoms with E-state index in [1.54, 1.807) is 4.90 Å². The fourth-order valence-electron chi connectivity index (χ4n) is 2.71. The predicted octanol–water partition coefficient (Wildman–Crippen LogP) is 1.90. The third kappa shape index (κ3) is 4.24. The lowest BCUT2D eigenvalue weighted by molar-refractivity contribution is -0.139. The van der Waals surface area contributed by atoms with Crippen molar-refractivity contribution in [3.8, 4) is 0 Å². The van der Waals surface area contributed by atoms with Crippen LogP contribution in [0.15, 0.2) is 29.2 Å². The number of aromatic carboxylic acids is 1. The number of carbonyl (C=O) groups is 2. The van der Waals surface area contributed by atoms with Gasteiger partial charge in [-0.15, -0.1) is 0 Å². The number of sulfonamides is 1. The molecule has 1 saturated heterocycles. The minimum Gasteiger partial charge on any atom is -0.478 e. The highest BCUT2D eigenvalue weighted by Gasteiger charge is 2.34. The van der Waals surface area contributed by atoms with Crippen LogP contribution in [0, 0.1) is 11.3 Å².